The van der Waals surface area contributed by atoms with E-state index in [1.54, 1.807) is 0 Å². The van der Waals surface area contributed by atoms with Crippen molar-refractivity contribution in [1.29, 1.82) is 5.26 Å². The Balaban J connectivity index is 1.90. The molecule has 0 bridgehead atoms. The molecule has 0 radical (unpaired) electrons. The Kier molecular flexibility index (Phi) is 4.07. The molecule has 0 atom stereocenters. The van der Waals surface area contributed by atoms with Gasteiger partial charge in [0, 0.05) is 0 Å². The Bertz CT molecular complexity index is 822. The van der Waals surface area contributed by atoms with Crippen LogP contribution < -0.4 is 4.74 Å². The van der Waals surface area contributed by atoms with Crippen molar-refractivity contribution < 1.29 is 4.74 Å². The zero-order chi connectivity index (χ0) is 14.7. The minimum absolute atomic E-state index is 0.554. The van der Waals surface area contributed by atoms with E-state index in [0.29, 0.717) is 12.2 Å². The van der Waals surface area contributed by atoms with Crippen LogP contribution in [-0.2, 0) is 6.61 Å². The summed E-state index contributed by atoms with van der Waals surface area (Å²) >= 11 is 2.30. The normalized spacial score (nSPS) is 10.3. The minimum atomic E-state index is 0.554. The van der Waals surface area contributed by atoms with Crippen LogP contribution in [0.2, 0.25) is 0 Å². The molecule has 102 valence electrons. The fourth-order valence-corrected chi connectivity index (χ4v) is 3.01. The van der Waals surface area contributed by atoms with E-state index in [2.05, 4.69) is 28.7 Å². The van der Waals surface area contributed by atoms with E-state index in [1.807, 2.05) is 60.7 Å². The van der Waals surface area contributed by atoms with E-state index >= 15 is 0 Å². The lowest BCUT2D eigenvalue weighted by atomic mass is 10.1. The van der Waals surface area contributed by atoms with Gasteiger partial charge in [0.1, 0.15) is 12.4 Å². The van der Waals surface area contributed by atoms with Crippen molar-refractivity contribution in [3.63, 3.8) is 0 Å². The van der Waals surface area contributed by atoms with E-state index in [1.165, 1.54) is 0 Å². The van der Waals surface area contributed by atoms with Gasteiger partial charge in [-0.2, -0.15) is 5.26 Å². The smallest absolute Gasteiger partial charge is 0.133 e. The van der Waals surface area contributed by atoms with Gasteiger partial charge in [-0.1, -0.05) is 42.5 Å². The van der Waals surface area contributed by atoms with Crippen LogP contribution in [0.15, 0.2) is 60.7 Å². The number of ether oxygens (including phenoxy) is 1. The van der Waals surface area contributed by atoms with Crippen LogP contribution in [0.25, 0.3) is 10.8 Å². The van der Waals surface area contributed by atoms with Crippen LogP contribution in [0.4, 0.5) is 0 Å². The topological polar surface area (TPSA) is 33.0 Å². The summed E-state index contributed by atoms with van der Waals surface area (Å²) in [5.41, 5.74) is 1.82. The number of rotatable bonds is 3. The minimum Gasteiger partial charge on any atom is -0.488 e. The van der Waals surface area contributed by atoms with Crippen molar-refractivity contribution in [3.05, 3.63) is 75.4 Å². The zero-order valence-corrected chi connectivity index (χ0v) is 13.4. The molecular formula is C18H12INO. The number of hydrogen-bond acceptors (Lipinski definition) is 2. The van der Waals surface area contributed by atoms with Crippen molar-refractivity contribution in [2.75, 3.05) is 0 Å². The molecule has 3 heteroatoms. The maximum absolute atomic E-state index is 8.95. The second kappa shape index (κ2) is 6.15. The van der Waals surface area contributed by atoms with Crippen molar-refractivity contribution in [1.82, 2.24) is 0 Å². The standard InChI is InChI=1S/C18H12INO/c19-18-16-8-6-14(11-20)10-15(16)7-9-17(18)21-12-13-4-2-1-3-5-13/h1-10H,12H2. The van der Waals surface area contributed by atoms with Crippen molar-refractivity contribution in [3.8, 4) is 11.8 Å². The van der Waals surface area contributed by atoms with E-state index < -0.39 is 0 Å². The highest BCUT2D eigenvalue weighted by molar-refractivity contribution is 14.1. The summed E-state index contributed by atoms with van der Waals surface area (Å²) in [5, 5.41) is 11.1. The molecule has 0 heterocycles. The van der Waals surface area contributed by atoms with E-state index in [9.17, 15) is 0 Å². The second-order valence-electron chi connectivity index (χ2n) is 4.70. The van der Waals surface area contributed by atoms with Gasteiger partial charge < -0.3 is 4.74 Å². The molecule has 0 aliphatic heterocycles. The highest BCUT2D eigenvalue weighted by Gasteiger charge is 2.07. The predicted molar refractivity (Wildman–Crippen MR) is 92.2 cm³/mol. The molecule has 0 spiro atoms. The average Bonchev–Trinajstić information content (AvgIpc) is 2.55. The third-order valence-corrected chi connectivity index (χ3v) is 4.40. The molecule has 2 nitrogen and oxygen atoms in total. The second-order valence-corrected chi connectivity index (χ2v) is 5.78. The Labute approximate surface area is 137 Å². The first-order valence-corrected chi connectivity index (χ1v) is 7.65. The summed E-state index contributed by atoms with van der Waals surface area (Å²) in [4.78, 5) is 0. The van der Waals surface area contributed by atoms with Gasteiger partial charge in [-0.15, -0.1) is 0 Å². The Hall–Kier alpha value is -2.06. The Morgan fingerprint density at radius 1 is 1.00 bits per heavy atom. The summed E-state index contributed by atoms with van der Waals surface area (Å²) in [6.45, 7) is 0.554. The van der Waals surface area contributed by atoms with Gasteiger partial charge in [0.05, 0.1) is 15.2 Å². The molecule has 0 aromatic heterocycles. The molecule has 0 amide bonds. The molecular weight excluding hydrogens is 373 g/mol. The van der Waals surface area contributed by atoms with Gasteiger partial charge in [-0.25, -0.2) is 0 Å². The van der Waals surface area contributed by atoms with Crippen LogP contribution in [0.1, 0.15) is 11.1 Å². The highest BCUT2D eigenvalue weighted by atomic mass is 127. The SMILES string of the molecule is N#Cc1ccc2c(I)c(OCc3ccccc3)ccc2c1. The molecule has 3 aromatic carbocycles. The number of benzene rings is 3. The van der Waals surface area contributed by atoms with Gasteiger partial charge in [-0.3, -0.25) is 0 Å². The van der Waals surface area contributed by atoms with Gasteiger partial charge in [0.25, 0.3) is 0 Å². The molecule has 0 aliphatic rings. The first kappa shape index (κ1) is 13.9. The van der Waals surface area contributed by atoms with Crippen LogP contribution in [0.5, 0.6) is 5.75 Å². The van der Waals surface area contributed by atoms with E-state index in [4.69, 9.17) is 10.00 Å². The Morgan fingerprint density at radius 2 is 1.81 bits per heavy atom. The lowest BCUT2D eigenvalue weighted by Gasteiger charge is -2.10. The third-order valence-electron chi connectivity index (χ3n) is 3.28. The molecule has 0 saturated carbocycles. The summed E-state index contributed by atoms with van der Waals surface area (Å²) in [6.07, 6.45) is 0. The van der Waals surface area contributed by atoms with Crippen LogP contribution >= 0.6 is 22.6 Å². The van der Waals surface area contributed by atoms with Crippen LogP contribution in [0.3, 0.4) is 0 Å². The van der Waals surface area contributed by atoms with Crippen LogP contribution in [0, 0.1) is 14.9 Å². The number of hydrogen-bond donors (Lipinski definition) is 0. The third kappa shape index (κ3) is 3.01. The lowest BCUT2D eigenvalue weighted by Crippen LogP contribution is -1.97. The largest absolute Gasteiger partial charge is 0.488 e. The monoisotopic (exact) mass is 385 g/mol. The molecule has 0 saturated heterocycles. The maximum atomic E-state index is 8.95. The van der Waals surface area contributed by atoms with E-state index in [-0.39, 0.29) is 0 Å². The number of nitrogens with zero attached hydrogens (tertiary/aromatic N) is 1. The average molecular weight is 385 g/mol. The summed E-state index contributed by atoms with van der Waals surface area (Å²) < 4.78 is 6.99. The number of fused-ring (bicyclic) bond motifs is 1. The fourth-order valence-electron chi connectivity index (χ4n) is 2.19. The molecule has 3 rings (SSSR count). The van der Waals surface area contributed by atoms with Crippen molar-refractivity contribution in [2.45, 2.75) is 6.61 Å². The van der Waals surface area contributed by atoms with Gasteiger partial charge in [-0.05, 0) is 57.1 Å². The predicted octanol–water partition coefficient (Wildman–Crippen LogP) is 4.90. The van der Waals surface area contributed by atoms with Crippen molar-refractivity contribution >= 4 is 33.4 Å². The van der Waals surface area contributed by atoms with Gasteiger partial charge in [0.2, 0.25) is 0 Å². The molecule has 0 N–H and O–H groups in total. The molecule has 21 heavy (non-hydrogen) atoms. The molecule has 3 aromatic rings. The molecule has 0 fully saturated rings. The zero-order valence-electron chi connectivity index (χ0n) is 11.2. The summed E-state index contributed by atoms with van der Waals surface area (Å²) in [7, 11) is 0. The summed E-state index contributed by atoms with van der Waals surface area (Å²) in [6, 6.07) is 22.0. The lowest BCUT2D eigenvalue weighted by molar-refractivity contribution is 0.304. The molecule has 0 unspecified atom stereocenters. The molecule has 0 aliphatic carbocycles. The van der Waals surface area contributed by atoms with Crippen LogP contribution in [-0.4, -0.2) is 0 Å². The highest BCUT2D eigenvalue weighted by Crippen LogP contribution is 2.30. The quantitative estimate of drug-likeness (QED) is 0.602. The Morgan fingerprint density at radius 3 is 2.57 bits per heavy atom. The summed E-state index contributed by atoms with van der Waals surface area (Å²) in [5.74, 6) is 0.872. The maximum Gasteiger partial charge on any atom is 0.133 e. The van der Waals surface area contributed by atoms with Gasteiger partial charge >= 0.3 is 0 Å². The first-order chi connectivity index (χ1) is 10.3. The number of nitriles is 1. The van der Waals surface area contributed by atoms with E-state index in [0.717, 1.165) is 25.7 Å². The van der Waals surface area contributed by atoms with Gasteiger partial charge in [0.15, 0.2) is 0 Å². The first-order valence-electron chi connectivity index (χ1n) is 6.57. The van der Waals surface area contributed by atoms with Crippen molar-refractivity contribution in [2.24, 2.45) is 0 Å². The number of halogens is 1. The fraction of sp³-hybridized carbons (Fsp3) is 0.0556.